The lowest BCUT2D eigenvalue weighted by molar-refractivity contribution is -0.138. The molecule has 4 heteroatoms. The number of benzene rings is 1. The molecule has 0 aliphatic carbocycles. The van der Waals surface area contributed by atoms with E-state index in [1.807, 2.05) is 18.9 Å². The zero-order valence-corrected chi connectivity index (χ0v) is 12.2. The number of hydrogen-bond donors (Lipinski definition) is 1. The van der Waals surface area contributed by atoms with Crippen molar-refractivity contribution < 1.29 is 9.18 Å². The Bertz CT molecular complexity index is 446. The number of nitrogens with one attached hydrogen (secondary N) is 1. The van der Waals surface area contributed by atoms with Crippen LogP contribution >= 0.6 is 0 Å². The maximum atomic E-state index is 13.0. The number of halogens is 1. The lowest BCUT2D eigenvalue weighted by Gasteiger charge is -2.37. The Kier molecular flexibility index (Phi) is 5.12. The molecule has 20 heavy (non-hydrogen) atoms. The van der Waals surface area contributed by atoms with Crippen LogP contribution in [0.1, 0.15) is 37.8 Å². The maximum Gasteiger partial charge on any atom is 0.227 e. The monoisotopic (exact) mass is 278 g/mol. The zero-order chi connectivity index (χ0) is 14.5. The molecule has 0 radical (unpaired) electrons. The Balaban J connectivity index is 2.16. The second-order valence-corrected chi connectivity index (χ2v) is 5.55. The average Bonchev–Trinajstić information content (AvgIpc) is 2.47. The highest BCUT2D eigenvalue weighted by Gasteiger charge is 2.30. The Morgan fingerprint density at radius 1 is 1.40 bits per heavy atom. The second-order valence-electron chi connectivity index (χ2n) is 5.55. The Morgan fingerprint density at radius 2 is 2.10 bits per heavy atom. The summed E-state index contributed by atoms with van der Waals surface area (Å²) in [5, 5.41) is 3.05. The molecule has 1 aliphatic heterocycles. The van der Waals surface area contributed by atoms with Gasteiger partial charge >= 0.3 is 0 Å². The van der Waals surface area contributed by atoms with Gasteiger partial charge in [0.25, 0.3) is 0 Å². The van der Waals surface area contributed by atoms with Gasteiger partial charge in [0.1, 0.15) is 5.82 Å². The van der Waals surface area contributed by atoms with Crippen LogP contribution in [0.3, 0.4) is 0 Å². The normalized spacial score (nSPS) is 20.8. The van der Waals surface area contributed by atoms with Crippen LogP contribution in [-0.4, -0.2) is 30.9 Å². The standard InChI is InChI=1S/C16H23FN2O/c1-12(11-18-2)16(20)19-10-4-3-5-15(19)13-6-8-14(17)9-7-13/h6-9,12,15,18H,3-5,10-11H2,1-2H3. The van der Waals surface area contributed by atoms with Gasteiger partial charge in [-0.05, 0) is 44.0 Å². The molecule has 3 nitrogen and oxygen atoms in total. The highest BCUT2D eigenvalue weighted by Crippen LogP contribution is 2.32. The third-order valence-electron chi connectivity index (χ3n) is 3.97. The van der Waals surface area contributed by atoms with Gasteiger partial charge in [-0.1, -0.05) is 19.1 Å². The maximum absolute atomic E-state index is 13.0. The number of carbonyl (C=O) groups is 1. The molecule has 2 rings (SSSR count). The van der Waals surface area contributed by atoms with Crippen molar-refractivity contribution in [3.63, 3.8) is 0 Å². The van der Waals surface area contributed by atoms with Crippen LogP contribution in [0.15, 0.2) is 24.3 Å². The van der Waals surface area contributed by atoms with Crippen molar-refractivity contribution in [2.75, 3.05) is 20.1 Å². The molecule has 1 heterocycles. The summed E-state index contributed by atoms with van der Waals surface area (Å²) in [4.78, 5) is 14.5. The topological polar surface area (TPSA) is 32.3 Å². The Labute approximate surface area is 120 Å². The highest BCUT2D eigenvalue weighted by molar-refractivity contribution is 5.79. The number of likely N-dealkylation sites (tertiary alicyclic amines) is 1. The zero-order valence-electron chi connectivity index (χ0n) is 12.2. The fourth-order valence-electron chi connectivity index (χ4n) is 2.90. The number of hydrogen-bond acceptors (Lipinski definition) is 2. The third-order valence-corrected chi connectivity index (χ3v) is 3.97. The Hall–Kier alpha value is -1.42. The summed E-state index contributed by atoms with van der Waals surface area (Å²) in [5.41, 5.74) is 1.04. The molecule has 0 aromatic heterocycles. The van der Waals surface area contributed by atoms with E-state index in [1.165, 1.54) is 12.1 Å². The smallest absolute Gasteiger partial charge is 0.227 e. The molecule has 0 bridgehead atoms. The van der Waals surface area contributed by atoms with Crippen molar-refractivity contribution in [3.05, 3.63) is 35.6 Å². The van der Waals surface area contributed by atoms with Crippen LogP contribution in [0.25, 0.3) is 0 Å². The van der Waals surface area contributed by atoms with Crippen LogP contribution < -0.4 is 5.32 Å². The van der Waals surface area contributed by atoms with Crippen molar-refractivity contribution in [2.24, 2.45) is 5.92 Å². The van der Waals surface area contributed by atoms with E-state index < -0.39 is 0 Å². The molecule has 1 N–H and O–H groups in total. The number of carbonyl (C=O) groups excluding carboxylic acids is 1. The van der Waals surface area contributed by atoms with Crippen molar-refractivity contribution in [3.8, 4) is 0 Å². The predicted molar refractivity (Wildman–Crippen MR) is 77.8 cm³/mol. The SMILES string of the molecule is CNCC(C)C(=O)N1CCCCC1c1ccc(F)cc1. The largest absolute Gasteiger partial charge is 0.335 e. The first-order valence-electron chi connectivity index (χ1n) is 7.34. The van der Waals surface area contributed by atoms with Gasteiger partial charge in [-0.2, -0.15) is 0 Å². The molecule has 2 unspecified atom stereocenters. The number of piperidine rings is 1. The predicted octanol–water partition coefficient (Wildman–Crippen LogP) is 2.73. The van der Waals surface area contributed by atoms with E-state index in [0.717, 1.165) is 31.4 Å². The molecule has 1 fully saturated rings. The fraction of sp³-hybridized carbons (Fsp3) is 0.562. The van der Waals surface area contributed by atoms with E-state index >= 15 is 0 Å². The molecule has 110 valence electrons. The van der Waals surface area contributed by atoms with Gasteiger partial charge < -0.3 is 10.2 Å². The number of nitrogens with zero attached hydrogens (tertiary/aromatic N) is 1. The lowest BCUT2D eigenvalue weighted by Crippen LogP contribution is -2.43. The molecule has 1 amide bonds. The van der Waals surface area contributed by atoms with E-state index in [9.17, 15) is 9.18 Å². The van der Waals surface area contributed by atoms with Crippen LogP contribution in [0.2, 0.25) is 0 Å². The molecular formula is C16H23FN2O. The van der Waals surface area contributed by atoms with Gasteiger partial charge in [0.05, 0.1) is 6.04 Å². The summed E-state index contributed by atoms with van der Waals surface area (Å²) in [5.74, 6) is -0.0691. The van der Waals surface area contributed by atoms with Crippen molar-refractivity contribution in [2.45, 2.75) is 32.2 Å². The first-order chi connectivity index (χ1) is 9.63. The first kappa shape index (κ1) is 15.0. The van der Waals surface area contributed by atoms with Crippen LogP contribution in [0.4, 0.5) is 4.39 Å². The quantitative estimate of drug-likeness (QED) is 0.918. The van der Waals surface area contributed by atoms with E-state index in [4.69, 9.17) is 0 Å². The summed E-state index contributed by atoms with van der Waals surface area (Å²) in [6.45, 7) is 3.44. The molecule has 1 aromatic carbocycles. The molecule has 2 atom stereocenters. The summed E-state index contributed by atoms with van der Waals surface area (Å²) < 4.78 is 13.0. The summed E-state index contributed by atoms with van der Waals surface area (Å²) in [7, 11) is 1.86. The third kappa shape index (κ3) is 3.37. The average molecular weight is 278 g/mol. The van der Waals surface area contributed by atoms with Crippen LogP contribution in [-0.2, 0) is 4.79 Å². The van der Waals surface area contributed by atoms with Gasteiger partial charge in [-0.15, -0.1) is 0 Å². The first-order valence-corrected chi connectivity index (χ1v) is 7.34. The van der Waals surface area contributed by atoms with Crippen molar-refractivity contribution >= 4 is 5.91 Å². The number of rotatable bonds is 4. The summed E-state index contributed by atoms with van der Waals surface area (Å²) in [6, 6.07) is 6.65. The molecule has 1 saturated heterocycles. The molecule has 0 spiro atoms. The van der Waals surface area contributed by atoms with E-state index in [1.54, 1.807) is 12.1 Å². The molecule has 1 aromatic rings. The van der Waals surface area contributed by atoms with Gasteiger partial charge in [0.15, 0.2) is 0 Å². The van der Waals surface area contributed by atoms with E-state index in [2.05, 4.69) is 5.32 Å². The summed E-state index contributed by atoms with van der Waals surface area (Å²) >= 11 is 0. The van der Waals surface area contributed by atoms with E-state index in [0.29, 0.717) is 6.54 Å². The number of amides is 1. The molecule has 1 aliphatic rings. The van der Waals surface area contributed by atoms with Crippen LogP contribution in [0.5, 0.6) is 0 Å². The minimum absolute atomic E-state index is 0.0268. The van der Waals surface area contributed by atoms with Gasteiger partial charge in [-0.3, -0.25) is 4.79 Å². The molecular weight excluding hydrogens is 255 g/mol. The summed E-state index contributed by atoms with van der Waals surface area (Å²) in [6.07, 6.45) is 3.13. The van der Waals surface area contributed by atoms with Gasteiger partial charge in [-0.25, -0.2) is 4.39 Å². The van der Waals surface area contributed by atoms with Gasteiger partial charge in [0.2, 0.25) is 5.91 Å². The minimum Gasteiger partial charge on any atom is -0.335 e. The minimum atomic E-state index is -0.231. The second kappa shape index (κ2) is 6.84. The fourth-order valence-corrected chi connectivity index (χ4v) is 2.90. The van der Waals surface area contributed by atoms with Crippen LogP contribution in [0, 0.1) is 11.7 Å². The van der Waals surface area contributed by atoms with Crippen molar-refractivity contribution in [1.29, 1.82) is 0 Å². The Morgan fingerprint density at radius 3 is 2.75 bits per heavy atom. The molecule has 0 saturated carbocycles. The highest BCUT2D eigenvalue weighted by atomic mass is 19.1. The van der Waals surface area contributed by atoms with Crippen molar-refractivity contribution in [1.82, 2.24) is 10.2 Å². The van der Waals surface area contributed by atoms with E-state index in [-0.39, 0.29) is 23.7 Å². The van der Waals surface area contributed by atoms with Gasteiger partial charge in [0, 0.05) is 19.0 Å². The lowest BCUT2D eigenvalue weighted by atomic mass is 9.93.